The van der Waals surface area contributed by atoms with Crippen molar-refractivity contribution in [1.29, 1.82) is 0 Å². The Morgan fingerprint density at radius 2 is 2.00 bits per heavy atom. The average molecular weight is 299 g/mol. The lowest BCUT2D eigenvalue weighted by molar-refractivity contribution is -0.150. The fourth-order valence-electron chi connectivity index (χ4n) is 2.29. The van der Waals surface area contributed by atoms with E-state index in [-0.39, 0.29) is 11.5 Å². The summed E-state index contributed by atoms with van der Waals surface area (Å²) >= 11 is 0. The maximum Gasteiger partial charge on any atom is 0.329 e. The normalized spacial score (nSPS) is 17.6. The summed E-state index contributed by atoms with van der Waals surface area (Å²) in [5, 5.41) is 8.61. The van der Waals surface area contributed by atoms with Crippen LogP contribution in [0.25, 0.3) is 0 Å². The quantitative estimate of drug-likeness (QED) is 0.864. The van der Waals surface area contributed by atoms with Crippen molar-refractivity contribution in [3.8, 4) is 0 Å². The van der Waals surface area contributed by atoms with E-state index < -0.39 is 21.4 Å². The van der Waals surface area contributed by atoms with Gasteiger partial charge in [0.15, 0.2) is 9.84 Å². The van der Waals surface area contributed by atoms with Gasteiger partial charge in [0.1, 0.15) is 12.2 Å². The number of nitrogens with zero attached hydrogens (tertiary/aromatic N) is 1. The Hall–Kier alpha value is -1.60. The Morgan fingerprint density at radius 3 is 2.55 bits per heavy atom. The molecule has 2 rings (SSSR count). The molecular formula is C13H17NO5S. The zero-order chi connectivity index (χ0) is 15.0. The van der Waals surface area contributed by atoms with Crippen LogP contribution in [0.5, 0.6) is 0 Å². The van der Waals surface area contributed by atoms with Gasteiger partial charge >= 0.3 is 5.97 Å². The van der Waals surface area contributed by atoms with E-state index >= 15 is 0 Å². The molecule has 0 atom stereocenters. The van der Waals surface area contributed by atoms with Gasteiger partial charge in [-0.05, 0) is 19.1 Å². The molecule has 1 fully saturated rings. The van der Waals surface area contributed by atoms with Crippen LogP contribution in [0.3, 0.4) is 0 Å². The van der Waals surface area contributed by atoms with E-state index in [1.807, 2.05) is 11.8 Å². The Morgan fingerprint density at radius 1 is 1.40 bits per heavy atom. The van der Waals surface area contributed by atoms with Crippen molar-refractivity contribution in [3.05, 3.63) is 24.3 Å². The number of rotatable bonds is 5. The molecule has 0 aromatic heterocycles. The van der Waals surface area contributed by atoms with Gasteiger partial charge in [0, 0.05) is 19.3 Å². The van der Waals surface area contributed by atoms with Crippen molar-refractivity contribution in [1.82, 2.24) is 0 Å². The van der Waals surface area contributed by atoms with Gasteiger partial charge in [0.2, 0.25) is 0 Å². The number of aliphatic carboxylic acids is 1. The summed E-state index contributed by atoms with van der Waals surface area (Å²) in [6, 6.07) is 6.77. The maximum atomic E-state index is 11.7. The number of hydrogen-bond acceptors (Lipinski definition) is 5. The predicted octanol–water partition coefficient (Wildman–Crippen LogP) is 0.770. The SMILES string of the molecule is CC1(OCC(=O)O)CN(c2ccccc2S(C)(=O)=O)C1. The molecule has 0 saturated carbocycles. The largest absolute Gasteiger partial charge is 0.480 e. The van der Waals surface area contributed by atoms with Gasteiger partial charge in [-0.15, -0.1) is 0 Å². The molecule has 1 aromatic carbocycles. The summed E-state index contributed by atoms with van der Waals surface area (Å²) in [7, 11) is -3.29. The molecule has 0 unspecified atom stereocenters. The highest BCUT2D eigenvalue weighted by Crippen LogP contribution is 2.34. The summed E-state index contributed by atoms with van der Waals surface area (Å²) in [5.41, 5.74) is 0.0784. The standard InChI is InChI=1S/C13H17NO5S/c1-13(19-7-12(15)16)8-14(9-13)10-5-3-4-6-11(10)20(2,17)18/h3-6H,7-9H2,1-2H3,(H,15,16). The van der Waals surface area contributed by atoms with Crippen molar-refractivity contribution < 1.29 is 23.1 Å². The van der Waals surface area contributed by atoms with E-state index in [9.17, 15) is 13.2 Å². The molecule has 6 nitrogen and oxygen atoms in total. The van der Waals surface area contributed by atoms with E-state index in [1.165, 1.54) is 6.26 Å². The lowest BCUT2D eigenvalue weighted by Gasteiger charge is -2.49. The molecule has 110 valence electrons. The number of sulfone groups is 1. The van der Waals surface area contributed by atoms with Crippen LogP contribution in [0.4, 0.5) is 5.69 Å². The number of ether oxygens (including phenoxy) is 1. The molecule has 0 amide bonds. The van der Waals surface area contributed by atoms with Crippen molar-refractivity contribution in [2.24, 2.45) is 0 Å². The highest BCUT2D eigenvalue weighted by Gasteiger charge is 2.41. The fourth-order valence-corrected chi connectivity index (χ4v) is 3.19. The van der Waals surface area contributed by atoms with E-state index in [1.54, 1.807) is 24.3 Å². The molecule has 20 heavy (non-hydrogen) atoms. The minimum Gasteiger partial charge on any atom is -0.480 e. The molecular weight excluding hydrogens is 282 g/mol. The third-order valence-corrected chi connectivity index (χ3v) is 4.34. The summed E-state index contributed by atoms with van der Waals surface area (Å²) < 4.78 is 28.8. The van der Waals surface area contributed by atoms with Crippen molar-refractivity contribution in [2.45, 2.75) is 17.4 Å². The van der Waals surface area contributed by atoms with Crippen molar-refractivity contribution >= 4 is 21.5 Å². The molecule has 1 aromatic rings. The minimum atomic E-state index is -3.29. The number of carboxylic acids is 1. The zero-order valence-electron chi connectivity index (χ0n) is 11.4. The summed E-state index contributed by atoms with van der Waals surface area (Å²) in [4.78, 5) is 12.7. The molecule has 1 aliphatic rings. The van der Waals surface area contributed by atoms with Crippen LogP contribution in [0.2, 0.25) is 0 Å². The van der Waals surface area contributed by atoms with Crippen LogP contribution in [-0.2, 0) is 19.4 Å². The van der Waals surface area contributed by atoms with Crippen molar-refractivity contribution in [3.63, 3.8) is 0 Å². The second-order valence-electron chi connectivity index (χ2n) is 5.23. The Bertz CT molecular complexity index is 619. The third-order valence-electron chi connectivity index (χ3n) is 3.20. The van der Waals surface area contributed by atoms with E-state index in [4.69, 9.17) is 9.84 Å². The number of benzene rings is 1. The second-order valence-corrected chi connectivity index (χ2v) is 7.21. The van der Waals surface area contributed by atoms with Gasteiger partial charge in [0.25, 0.3) is 0 Å². The lowest BCUT2D eigenvalue weighted by Crippen LogP contribution is -2.62. The zero-order valence-corrected chi connectivity index (χ0v) is 12.2. The fraction of sp³-hybridized carbons (Fsp3) is 0.462. The molecule has 7 heteroatoms. The average Bonchev–Trinajstić information content (AvgIpc) is 2.32. The predicted molar refractivity (Wildman–Crippen MR) is 73.8 cm³/mol. The molecule has 1 saturated heterocycles. The molecule has 0 spiro atoms. The minimum absolute atomic E-state index is 0.278. The van der Waals surface area contributed by atoms with Crippen molar-refractivity contribution in [2.75, 3.05) is 30.9 Å². The molecule has 0 radical (unpaired) electrons. The summed E-state index contributed by atoms with van der Waals surface area (Å²) in [6.07, 6.45) is 1.17. The van der Waals surface area contributed by atoms with Gasteiger partial charge in [-0.1, -0.05) is 12.1 Å². The second kappa shape index (κ2) is 5.06. The van der Waals surface area contributed by atoms with E-state index in [0.717, 1.165) is 0 Å². The number of carbonyl (C=O) groups is 1. The first-order valence-electron chi connectivity index (χ1n) is 6.11. The van der Waals surface area contributed by atoms with Gasteiger partial charge in [-0.2, -0.15) is 0 Å². The van der Waals surface area contributed by atoms with Gasteiger partial charge in [-0.25, -0.2) is 13.2 Å². The van der Waals surface area contributed by atoms with Gasteiger partial charge < -0.3 is 14.7 Å². The highest BCUT2D eigenvalue weighted by atomic mass is 32.2. The van der Waals surface area contributed by atoms with Crippen LogP contribution in [0.15, 0.2) is 29.2 Å². The highest BCUT2D eigenvalue weighted by molar-refractivity contribution is 7.90. The van der Waals surface area contributed by atoms with Crippen LogP contribution in [-0.4, -0.2) is 51.0 Å². The number of carboxylic acid groups (broad SMARTS) is 1. The summed E-state index contributed by atoms with van der Waals surface area (Å²) in [5.74, 6) is -1.01. The van der Waals surface area contributed by atoms with Crippen LogP contribution < -0.4 is 4.90 Å². The Balaban J connectivity index is 2.12. The molecule has 1 heterocycles. The first-order chi connectivity index (χ1) is 9.21. The van der Waals surface area contributed by atoms with E-state index in [0.29, 0.717) is 18.8 Å². The van der Waals surface area contributed by atoms with E-state index in [2.05, 4.69) is 0 Å². The molecule has 1 N–H and O–H groups in total. The van der Waals surface area contributed by atoms with Gasteiger partial charge in [-0.3, -0.25) is 0 Å². The lowest BCUT2D eigenvalue weighted by atomic mass is 9.95. The maximum absolute atomic E-state index is 11.7. The number of para-hydroxylation sites is 1. The molecule has 1 aliphatic heterocycles. The number of hydrogen-bond donors (Lipinski definition) is 1. The third kappa shape index (κ3) is 3.10. The Kier molecular flexibility index (Phi) is 3.75. The Labute approximate surface area is 117 Å². The number of anilines is 1. The first-order valence-corrected chi connectivity index (χ1v) is 8.00. The van der Waals surface area contributed by atoms with Crippen LogP contribution in [0, 0.1) is 0 Å². The smallest absolute Gasteiger partial charge is 0.329 e. The summed E-state index contributed by atoms with van der Waals surface area (Å²) in [6.45, 7) is 2.40. The molecule has 0 bridgehead atoms. The van der Waals surface area contributed by atoms with Crippen LogP contribution in [0.1, 0.15) is 6.92 Å². The first kappa shape index (κ1) is 14.8. The topological polar surface area (TPSA) is 83.9 Å². The van der Waals surface area contributed by atoms with Gasteiger partial charge in [0.05, 0.1) is 10.6 Å². The van der Waals surface area contributed by atoms with Crippen LogP contribution >= 0.6 is 0 Å². The molecule has 0 aliphatic carbocycles. The monoisotopic (exact) mass is 299 g/mol.